The molecule has 1 aliphatic heterocycles. The molecule has 2 heterocycles. The Morgan fingerprint density at radius 3 is 2.44 bits per heavy atom. The fraction of sp³-hybridized carbons (Fsp3) is 0.500. The van der Waals surface area contributed by atoms with Gasteiger partial charge in [-0.3, -0.25) is 4.79 Å². The Bertz CT molecular complexity index is 1010. The molecule has 1 aromatic heterocycles. The standard InChI is InChI=1S/C24H31N5O3/c1-5-32-23(31)29-12-10-28(11-13-29)22-26-18-14-24(3,4)15-19(30)20(18)21(27-22)25-17-8-6-16(2)7-9-17/h6-9H,5,10-15H2,1-4H3,(H,25,26,27). The second-order valence-electron chi connectivity index (χ2n) is 9.30. The first-order valence-electron chi connectivity index (χ1n) is 11.2. The van der Waals surface area contributed by atoms with Crippen molar-refractivity contribution in [1.82, 2.24) is 14.9 Å². The molecule has 0 radical (unpaired) electrons. The maximum atomic E-state index is 13.0. The molecule has 1 fully saturated rings. The van der Waals surface area contributed by atoms with Gasteiger partial charge in [0.05, 0.1) is 17.9 Å². The molecular formula is C24H31N5O3. The summed E-state index contributed by atoms with van der Waals surface area (Å²) in [6.45, 7) is 10.7. The Labute approximate surface area is 189 Å². The minimum Gasteiger partial charge on any atom is -0.450 e. The quantitative estimate of drug-likeness (QED) is 0.774. The number of Topliss-reactive ketones (excluding diaryl/α,β-unsaturated/α-hetero) is 1. The largest absolute Gasteiger partial charge is 0.450 e. The van der Waals surface area contributed by atoms with Gasteiger partial charge in [0.25, 0.3) is 0 Å². The highest BCUT2D eigenvalue weighted by molar-refractivity contribution is 6.03. The van der Waals surface area contributed by atoms with Crippen molar-refractivity contribution in [3.05, 3.63) is 41.1 Å². The van der Waals surface area contributed by atoms with Crippen molar-refractivity contribution in [1.29, 1.82) is 0 Å². The van der Waals surface area contributed by atoms with Crippen LogP contribution in [0.15, 0.2) is 24.3 Å². The summed E-state index contributed by atoms with van der Waals surface area (Å²) in [6.07, 6.45) is 0.908. The molecule has 8 nitrogen and oxygen atoms in total. The van der Waals surface area contributed by atoms with E-state index >= 15 is 0 Å². The van der Waals surface area contributed by atoms with E-state index in [0.29, 0.717) is 56.5 Å². The Hall–Kier alpha value is -3.16. The van der Waals surface area contributed by atoms with Crippen molar-refractivity contribution in [3.8, 4) is 0 Å². The van der Waals surface area contributed by atoms with Crippen molar-refractivity contribution < 1.29 is 14.3 Å². The third-order valence-corrected chi connectivity index (χ3v) is 5.94. The van der Waals surface area contributed by atoms with Gasteiger partial charge >= 0.3 is 6.09 Å². The predicted octanol–water partition coefficient (Wildman–Crippen LogP) is 3.96. The molecule has 170 valence electrons. The summed E-state index contributed by atoms with van der Waals surface area (Å²) in [5.74, 6) is 1.22. The molecule has 0 saturated carbocycles. The Morgan fingerprint density at radius 2 is 1.78 bits per heavy atom. The van der Waals surface area contributed by atoms with Gasteiger partial charge in [-0.15, -0.1) is 0 Å². The van der Waals surface area contributed by atoms with Crippen molar-refractivity contribution >= 4 is 29.3 Å². The summed E-state index contributed by atoms with van der Waals surface area (Å²) in [4.78, 5) is 38.5. The average molecular weight is 438 g/mol. The summed E-state index contributed by atoms with van der Waals surface area (Å²) in [5.41, 5.74) is 3.29. The lowest BCUT2D eigenvalue weighted by Gasteiger charge is -2.35. The van der Waals surface area contributed by atoms with E-state index in [1.54, 1.807) is 11.8 Å². The van der Waals surface area contributed by atoms with E-state index in [1.807, 2.05) is 31.2 Å². The van der Waals surface area contributed by atoms with Crippen LogP contribution in [0.4, 0.5) is 22.2 Å². The zero-order chi connectivity index (χ0) is 22.9. The van der Waals surface area contributed by atoms with Gasteiger partial charge in [0.1, 0.15) is 5.82 Å². The number of piperazine rings is 1. The molecule has 32 heavy (non-hydrogen) atoms. The highest BCUT2D eigenvalue weighted by Gasteiger charge is 2.36. The van der Waals surface area contributed by atoms with Gasteiger partial charge in [0.2, 0.25) is 5.95 Å². The predicted molar refractivity (Wildman–Crippen MR) is 124 cm³/mol. The number of hydrogen-bond acceptors (Lipinski definition) is 7. The van der Waals surface area contributed by atoms with E-state index in [1.165, 1.54) is 5.56 Å². The maximum absolute atomic E-state index is 13.0. The van der Waals surface area contributed by atoms with Gasteiger partial charge in [-0.25, -0.2) is 9.78 Å². The number of rotatable bonds is 4. The van der Waals surface area contributed by atoms with E-state index in [9.17, 15) is 9.59 Å². The van der Waals surface area contributed by atoms with E-state index in [2.05, 4.69) is 24.1 Å². The minimum absolute atomic E-state index is 0.0737. The average Bonchev–Trinajstić information content (AvgIpc) is 2.74. The third kappa shape index (κ3) is 4.69. The number of amides is 1. The van der Waals surface area contributed by atoms with Crippen molar-refractivity contribution in [2.24, 2.45) is 5.41 Å². The molecule has 2 aliphatic rings. The first-order valence-corrected chi connectivity index (χ1v) is 11.2. The number of anilines is 3. The lowest BCUT2D eigenvalue weighted by molar-refractivity contribution is 0.0910. The van der Waals surface area contributed by atoms with E-state index in [-0.39, 0.29) is 17.3 Å². The van der Waals surface area contributed by atoms with Gasteiger partial charge in [-0.1, -0.05) is 31.5 Å². The van der Waals surface area contributed by atoms with Crippen LogP contribution in [0.1, 0.15) is 48.8 Å². The molecule has 1 N–H and O–H groups in total. The normalized spacial score (nSPS) is 17.7. The third-order valence-electron chi connectivity index (χ3n) is 5.94. The number of benzene rings is 1. The van der Waals surface area contributed by atoms with Crippen LogP contribution in [0.25, 0.3) is 0 Å². The lowest BCUT2D eigenvalue weighted by Crippen LogP contribution is -2.49. The minimum atomic E-state index is -0.285. The number of fused-ring (bicyclic) bond motifs is 1. The summed E-state index contributed by atoms with van der Waals surface area (Å²) >= 11 is 0. The zero-order valence-electron chi connectivity index (χ0n) is 19.3. The molecule has 2 aromatic rings. The number of aromatic nitrogens is 2. The van der Waals surface area contributed by atoms with Crippen LogP contribution < -0.4 is 10.2 Å². The molecule has 1 aromatic carbocycles. The first-order chi connectivity index (χ1) is 15.3. The number of nitrogens with zero attached hydrogens (tertiary/aromatic N) is 4. The smallest absolute Gasteiger partial charge is 0.409 e. The summed E-state index contributed by atoms with van der Waals surface area (Å²) in [6, 6.07) is 8.02. The second-order valence-corrected chi connectivity index (χ2v) is 9.30. The molecule has 4 rings (SSSR count). The number of ketones is 1. The Morgan fingerprint density at radius 1 is 1.09 bits per heavy atom. The van der Waals surface area contributed by atoms with Crippen LogP contribution >= 0.6 is 0 Å². The fourth-order valence-electron chi connectivity index (χ4n) is 4.26. The number of hydrogen-bond donors (Lipinski definition) is 1. The van der Waals surface area contributed by atoms with Gasteiger partial charge in [-0.2, -0.15) is 4.98 Å². The fourth-order valence-corrected chi connectivity index (χ4v) is 4.26. The molecule has 0 spiro atoms. The van der Waals surface area contributed by atoms with Crippen molar-refractivity contribution in [3.63, 3.8) is 0 Å². The topological polar surface area (TPSA) is 87.7 Å². The second kappa shape index (κ2) is 8.76. The molecular weight excluding hydrogens is 406 g/mol. The molecule has 1 aliphatic carbocycles. The van der Waals surface area contributed by atoms with Crippen molar-refractivity contribution in [2.45, 2.75) is 40.5 Å². The number of carbonyl (C=O) groups is 2. The summed E-state index contributed by atoms with van der Waals surface area (Å²) in [5, 5.41) is 3.36. The van der Waals surface area contributed by atoms with Crippen LogP contribution in [0.2, 0.25) is 0 Å². The number of carbonyl (C=O) groups excluding carboxylic acids is 2. The highest BCUT2D eigenvalue weighted by Crippen LogP contribution is 2.38. The van der Waals surface area contributed by atoms with Crippen molar-refractivity contribution in [2.75, 3.05) is 43.0 Å². The van der Waals surface area contributed by atoms with E-state index < -0.39 is 0 Å². The Balaban J connectivity index is 1.64. The van der Waals surface area contributed by atoms with Gasteiger partial charge in [-0.05, 0) is 37.8 Å². The van der Waals surface area contributed by atoms with Crippen LogP contribution in [-0.4, -0.2) is 59.5 Å². The van der Waals surface area contributed by atoms with E-state index in [0.717, 1.165) is 17.8 Å². The Kier molecular flexibility index (Phi) is 6.04. The van der Waals surface area contributed by atoms with Crippen LogP contribution in [0, 0.1) is 12.3 Å². The van der Waals surface area contributed by atoms with Gasteiger partial charge in [0.15, 0.2) is 5.78 Å². The monoisotopic (exact) mass is 437 g/mol. The number of aryl methyl sites for hydroxylation is 1. The molecule has 1 saturated heterocycles. The van der Waals surface area contributed by atoms with Crippen LogP contribution in [-0.2, 0) is 11.2 Å². The lowest BCUT2D eigenvalue weighted by atomic mass is 9.75. The van der Waals surface area contributed by atoms with E-state index in [4.69, 9.17) is 14.7 Å². The number of ether oxygens (including phenoxy) is 1. The summed E-state index contributed by atoms with van der Waals surface area (Å²) < 4.78 is 5.12. The number of nitrogens with one attached hydrogen (secondary N) is 1. The molecule has 8 heteroatoms. The van der Waals surface area contributed by atoms with Gasteiger partial charge < -0.3 is 19.9 Å². The first kappa shape index (κ1) is 22.0. The molecule has 0 atom stereocenters. The summed E-state index contributed by atoms with van der Waals surface area (Å²) in [7, 11) is 0. The zero-order valence-corrected chi connectivity index (χ0v) is 19.3. The SMILES string of the molecule is CCOC(=O)N1CCN(c2nc3c(c(Nc4ccc(C)cc4)n2)C(=O)CC(C)(C)C3)CC1. The van der Waals surface area contributed by atoms with Gasteiger partial charge in [0, 0.05) is 38.3 Å². The molecule has 0 unspecified atom stereocenters. The molecule has 1 amide bonds. The highest BCUT2D eigenvalue weighted by atomic mass is 16.6. The maximum Gasteiger partial charge on any atom is 0.409 e. The van der Waals surface area contributed by atoms with Crippen LogP contribution in [0.5, 0.6) is 0 Å². The van der Waals surface area contributed by atoms with Crippen LogP contribution in [0.3, 0.4) is 0 Å². The molecule has 0 bridgehead atoms.